The molecule has 1 aromatic rings. The van der Waals surface area contributed by atoms with Crippen LogP contribution in [-0.2, 0) is 16.4 Å². The zero-order valence-corrected chi connectivity index (χ0v) is 16.0. The zero-order chi connectivity index (χ0) is 18.0. The number of nitrogens with zero attached hydrogens (tertiary/aromatic N) is 3. The molecule has 0 aromatic carbocycles. The van der Waals surface area contributed by atoms with E-state index in [0.717, 1.165) is 12.0 Å². The minimum absolute atomic E-state index is 0.125. The molecule has 24 heavy (non-hydrogen) atoms. The van der Waals surface area contributed by atoms with Crippen LogP contribution in [0.2, 0.25) is 5.15 Å². The van der Waals surface area contributed by atoms with Crippen molar-refractivity contribution >= 4 is 27.6 Å². The Morgan fingerprint density at radius 3 is 2.62 bits per heavy atom. The molecule has 1 aromatic heterocycles. The summed E-state index contributed by atoms with van der Waals surface area (Å²) in [6, 6.07) is 3.71. The lowest BCUT2D eigenvalue weighted by atomic mass is 10.2. The normalized spacial score (nSPS) is 12.5. The molecule has 0 bridgehead atoms. The van der Waals surface area contributed by atoms with Gasteiger partial charge < -0.3 is 10.6 Å². The van der Waals surface area contributed by atoms with Gasteiger partial charge in [-0.05, 0) is 31.4 Å². The Labute approximate surface area is 149 Å². The van der Waals surface area contributed by atoms with Crippen LogP contribution in [0.5, 0.6) is 0 Å². The van der Waals surface area contributed by atoms with Gasteiger partial charge in [-0.3, -0.25) is 4.99 Å². The second kappa shape index (κ2) is 10.5. The Hall–Kier alpha value is -1.38. The van der Waals surface area contributed by atoms with Gasteiger partial charge in [-0.25, -0.2) is 17.7 Å². The van der Waals surface area contributed by atoms with Crippen molar-refractivity contribution in [1.29, 1.82) is 0 Å². The van der Waals surface area contributed by atoms with Crippen LogP contribution in [0.15, 0.2) is 23.3 Å². The van der Waals surface area contributed by atoms with Crippen LogP contribution in [0.3, 0.4) is 0 Å². The predicted octanol–water partition coefficient (Wildman–Crippen LogP) is 1.11. The highest BCUT2D eigenvalue weighted by atomic mass is 35.5. The molecule has 0 atom stereocenters. The summed E-state index contributed by atoms with van der Waals surface area (Å²) >= 11 is 5.75. The molecule has 136 valence electrons. The highest BCUT2D eigenvalue weighted by molar-refractivity contribution is 7.89. The highest BCUT2D eigenvalue weighted by Gasteiger charge is 2.13. The fourth-order valence-electron chi connectivity index (χ4n) is 1.97. The topological polar surface area (TPSA) is 86.7 Å². The third-order valence-corrected chi connectivity index (χ3v) is 5.59. The van der Waals surface area contributed by atoms with Crippen molar-refractivity contribution in [3.8, 4) is 0 Å². The summed E-state index contributed by atoms with van der Waals surface area (Å²) in [5, 5.41) is 6.86. The summed E-state index contributed by atoms with van der Waals surface area (Å²) in [6.07, 6.45) is 3.27. The van der Waals surface area contributed by atoms with Crippen LogP contribution in [-0.4, -0.2) is 63.1 Å². The van der Waals surface area contributed by atoms with E-state index >= 15 is 0 Å². The summed E-state index contributed by atoms with van der Waals surface area (Å²) in [4.78, 5) is 8.18. The Morgan fingerprint density at radius 2 is 2.04 bits per heavy atom. The van der Waals surface area contributed by atoms with Gasteiger partial charge in [0.25, 0.3) is 0 Å². The van der Waals surface area contributed by atoms with E-state index in [9.17, 15) is 8.42 Å². The predicted molar refractivity (Wildman–Crippen MR) is 99.0 cm³/mol. The van der Waals surface area contributed by atoms with Crippen molar-refractivity contribution in [2.24, 2.45) is 4.99 Å². The second-order valence-electron chi connectivity index (χ2n) is 5.24. The van der Waals surface area contributed by atoms with Gasteiger partial charge in [0.15, 0.2) is 5.96 Å². The maximum absolute atomic E-state index is 11.6. The summed E-state index contributed by atoms with van der Waals surface area (Å²) in [5.41, 5.74) is 1.09. The molecule has 7 nitrogen and oxygen atoms in total. The summed E-state index contributed by atoms with van der Waals surface area (Å²) in [7, 11) is 0.196. The maximum Gasteiger partial charge on any atom is 0.213 e. The molecule has 2 N–H and O–H groups in total. The summed E-state index contributed by atoms with van der Waals surface area (Å²) in [6.45, 7) is 3.49. The fraction of sp³-hybridized carbons (Fsp3) is 0.600. The monoisotopic (exact) mass is 375 g/mol. The minimum atomic E-state index is -3.11. The first-order chi connectivity index (χ1) is 11.4. The van der Waals surface area contributed by atoms with E-state index in [1.54, 1.807) is 33.3 Å². The third-order valence-electron chi connectivity index (χ3n) is 3.50. The average Bonchev–Trinajstić information content (AvgIpc) is 2.58. The van der Waals surface area contributed by atoms with Crippen LogP contribution < -0.4 is 10.6 Å². The van der Waals surface area contributed by atoms with Crippen LogP contribution >= 0.6 is 11.6 Å². The van der Waals surface area contributed by atoms with Crippen LogP contribution in [0.25, 0.3) is 0 Å². The van der Waals surface area contributed by atoms with Gasteiger partial charge in [-0.15, -0.1) is 0 Å². The first kappa shape index (κ1) is 20.7. The van der Waals surface area contributed by atoms with Crippen molar-refractivity contribution in [1.82, 2.24) is 19.9 Å². The van der Waals surface area contributed by atoms with E-state index in [1.807, 2.05) is 6.07 Å². The van der Waals surface area contributed by atoms with E-state index in [4.69, 9.17) is 11.6 Å². The van der Waals surface area contributed by atoms with E-state index in [1.165, 1.54) is 4.31 Å². The molecule has 0 aliphatic carbocycles. The molecule has 0 fully saturated rings. The number of rotatable bonds is 9. The lowest BCUT2D eigenvalue weighted by molar-refractivity contribution is 0.461. The van der Waals surface area contributed by atoms with Gasteiger partial charge in [0.1, 0.15) is 5.15 Å². The molecule has 0 saturated carbocycles. The molecule has 0 aliphatic heterocycles. The molecule has 0 amide bonds. The number of hydrogen-bond acceptors (Lipinski definition) is 4. The maximum atomic E-state index is 11.6. The van der Waals surface area contributed by atoms with Gasteiger partial charge in [0.05, 0.1) is 5.75 Å². The molecule has 0 radical (unpaired) electrons. The molecule has 9 heteroatoms. The lowest BCUT2D eigenvalue weighted by Crippen LogP contribution is -2.39. The van der Waals surface area contributed by atoms with E-state index in [0.29, 0.717) is 37.2 Å². The van der Waals surface area contributed by atoms with Gasteiger partial charge in [0.2, 0.25) is 10.0 Å². The van der Waals surface area contributed by atoms with Gasteiger partial charge >= 0.3 is 0 Å². The Morgan fingerprint density at radius 1 is 1.33 bits per heavy atom. The minimum Gasteiger partial charge on any atom is -0.356 e. The smallest absolute Gasteiger partial charge is 0.213 e. The SMILES string of the molecule is CCS(=O)(=O)N(C)CCCNC(=NC)NCCc1ccc(Cl)nc1. The zero-order valence-electron chi connectivity index (χ0n) is 14.4. The van der Waals surface area contributed by atoms with Crippen molar-refractivity contribution in [3.63, 3.8) is 0 Å². The van der Waals surface area contributed by atoms with Crippen molar-refractivity contribution in [2.45, 2.75) is 19.8 Å². The van der Waals surface area contributed by atoms with Crippen molar-refractivity contribution in [2.75, 3.05) is 39.5 Å². The van der Waals surface area contributed by atoms with Gasteiger partial charge in [0, 0.05) is 39.9 Å². The van der Waals surface area contributed by atoms with Crippen LogP contribution in [0.1, 0.15) is 18.9 Å². The first-order valence-electron chi connectivity index (χ1n) is 7.88. The number of aliphatic imine (C=N–C) groups is 1. The van der Waals surface area contributed by atoms with Gasteiger partial charge in [-0.1, -0.05) is 17.7 Å². The van der Waals surface area contributed by atoms with Crippen LogP contribution in [0, 0.1) is 0 Å². The number of halogens is 1. The van der Waals surface area contributed by atoms with Crippen molar-refractivity contribution in [3.05, 3.63) is 29.0 Å². The number of hydrogen-bond donors (Lipinski definition) is 2. The third kappa shape index (κ3) is 7.46. The van der Waals surface area contributed by atoms with Gasteiger partial charge in [-0.2, -0.15) is 0 Å². The number of nitrogens with one attached hydrogen (secondary N) is 2. The molecular formula is C15H26ClN5O2S. The molecule has 1 rings (SSSR count). The molecule has 1 heterocycles. The first-order valence-corrected chi connectivity index (χ1v) is 9.86. The molecule has 0 spiro atoms. The number of pyridine rings is 1. The summed E-state index contributed by atoms with van der Waals surface area (Å²) in [5.74, 6) is 0.817. The molecule has 0 unspecified atom stereocenters. The lowest BCUT2D eigenvalue weighted by Gasteiger charge is -2.16. The molecule has 0 saturated heterocycles. The van der Waals surface area contributed by atoms with Crippen molar-refractivity contribution < 1.29 is 8.42 Å². The quantitative estimate of drug-likeness (QED) is 0.292. The highest BCUT2D eigenvalue weighted by Crippen LogP contribution is 2.05. The van der Waals surface area contributed by atoms with Crippen LogP contribution in [0.4, 0.5) is 0 Å². The van der Waals surface area contributed by atoms with E-state index < -0.39 is 10.0 Å². The van der Waals surface area contributed by atoms with E-state index in [2.05, 4.69) is 20.6 Å². The Balaban J connectivity index is 2.24. The number of aromatic nitrogens is 1. The summed E-state index contributed by atoms with van der Waals surface area (Å²) < 4.78 is 24.7. The Bertz CT molecular complexity index is 619. The standard InChI is InChI=1S/C15H26ClN5O2S/c1-4-24(22,23)21(3)11-5-9-18-15(17-2)19-10-8-13-6-7-14(16)20-12-13/h6-7,12H,4-5,8-11H2,1-3H3,(H2,17,18,19). The largest absolute Gasteiger partial charge is 0.356 e. The Kier molecular flexibility index (Phi) is 9.02. The second-order valence-corrected chi connectivity index (χ2v) is 7.99. The fourth-order valence-corrected chi connectivity index (χ4v) is 2.93. The average molecular weight is 376 g/mol. The molecular weight excluding hydrogens is 350 g/mol. The van der Waals surface area contributed by atoms with E-state index in [-0.39, 0.29) is 5.75 Å². The number of sulfonamides is 1. The molecule has 0 aliphatic rings. The number of guanidine groups is 1.